The summed E-state index contributed by atoms with van der Waals surface area (Å²) in [5, 5.41) is 14.1. The van der Waals surface area contributed by atoms with E-state index < -0.39 is 0 Å². The van der Waals surface area contributed by atoms with Gasteiger partial charge in [-0.25, -0.2) is 14.8 Å². The van der Waals surface area contributed by atoms with Gasteiger partial charge >= 0.3 is 5.97 Å². The smallest absolute Gasteiger partial charge is 0.350 e. The minimum absolute atomic E-state index is 0.320. The molecule has 1 aromatic carbocycles. The molecule has 0 bridgehead atoms. The number of ether oxygens (including phenoxy) is 1. The number of carbonyl (C=O) groups excluding carboxylic acids is 1. The summed E-state index contributed by atoms with van der Waals surface area (Å²) in [4.78, 5) is 22.0. The maximum absolute atomic E-state index is 12.3. The quantitative estimate of drug-likeness (QED) is 0.286. The van der Waals surface area contributed by atoms with Gasteiger partial charge in [0.25, 0.3) is 0 Å². The predicted octanol–water partition coefficient (Wildman–Crippen LogP) is 4.64. The Bertz CT molecular complexity index is 1240. The lowest BCUT2D eigenvalue weighted by molar-refractivity contribution is 0.0531. The molecule has 8 nitrogen and oxygen atoms in total. The Morgan fingerprint density at radius 1 is 1.30 bits per heavy atom. The van der Waals surface area contributed by atoms with Crippen molar-refractivity contribution in [1.82, 2.24) is 24.7 Å². The van der Waals surface area contributed by atoms with Crippen LogP contribution in [0.1, 0.15) is 29.2 Å². The maximum atomic E-state index is 12.3. The van der Waals surface area contributed by atoms with Crippen molar-refractivity contribution in [3.05, 3.63) is 33.2 Å². The molecule has 0 aliphatic heterocycles. The van der Waals surface area contributed by atoms with Crippen molar-refractivity contribution >= 4 is 72.2 Å². The van der Waals surface area contributed by atoms with Crippen LogP contribution in [0.3, 0.4) is 0 Å². The van der Waals surface area contributed by atoms with Gasteiger partial charge in [0.15, 0.2) is 10.8 Å². The summed E-state index contributed by atoms with van der Waals surface area (Å²) in [6, 6.07) is 6.04. The molecular formula is C19H19BrN6O2S2. The van der Waals surface area contributed by atoms with Crippen LogP contribution in [0, 0.1) is 0 Å². The minimum Gasteiger partial charge on any atom is -0.462 e. The molecule has 0 aliphatic carbocycles. The number of esters is 1. The molecule has 0 aliphatic rings. The third-order valence-electron chi connectivity index (χ3n) is 4.37. The summed E-state index contributed by atoms with van der Waals surface area (Å²) in [5.41, 5.74) is 3.21. The number of fused-ring (bicyclic) bond motifs is 3. The molecule has 4 rings (SSSR count). The van der Waals surface area contributed by atoms with Gasteiger partial charge in [0.05, 0.1) is 17.8 Å². The number of carbonyl (C=O) groups is 1. The average molecular weight is 507 g/mol. The lowest BCUT2D eigenvalue weighted by atomic mass is 10.2. The fourth-order valence-electron chi connectivity index (χ4n) is 3.04. The topological polar surface area (TPSA) is 94.8 Å². The largest absolute Gasteiger partial charge is 0.462 e. The molecule has 3 aromatic heterocycles. The SMILES string of the molecule is CCNc1nc(CSc2nnc3c4cc(Br)ccc4n(C)c3n2)c(C(=O)OCC)s1. The minimum atomic E-state index is -0.358. The molecule has 0 amide bonds. The van der Waals surface area contributed by atoms with Crippen LogP contribution in [0.5, 0.6) is 0 Å². The number of benzene rings is 1. The van der Waals surface area contributed by atoms with Crippen LogP contribution in [0.25, 0.3) is 22.1 Å². The van der Waals surface area contributed by atoms with Crippen LogP contribution < -0.4 is 5.32 Å². The first-order valence-corrected chi connectivity index (χ1v) is 11.9. The zero-order chi connectivity index (χ0) is 21.3. The number of aryl methyl sites for hydroxylation is 1. The van der Waals surface area contributed by atoms with Crippen molar-refractivity contribution in [3.63, 3.8) is 0 Å². The van der Waals surface area contributed by atoms with Crippen LogP contribution in [-0.4, -0.2) is 43.9 Å². The van der Waals surface area contributed by atoms with Gasteiger partial charge < -0.3 is 14.6 Å². The highest BCUT2D eigenvalue weighted by atomic mass is 79.9. The van der Waals surface area contributed by atoms with Crippen molar-refractivity contribution < 1.29 is 9.53 Å². The number of nitrogens with zero attached hydrogens (tertiary/aromatic N) is 5. The van der Waals surface area contributed by atoms with Gasteiger partial charge in [-0.1, -0.05) is 39.0 Å². The fourth-order valence-corrected chi connectivity index (χ4v) is 5.16. The van der Waals surface area contributed by atoms with E-state index in [4.69, 9.17) is 9.72 Å². The molecule has 0 spiro atoms. The Hall–Kier alpha value is -2.24. The zero-order valence-corrected chi connectivity index (χ0v) is 19.8. The van der Waals surface area contributed by atoms with Crippen molar-refractivity contribution in [2.45, 2.75) is 24.8 Å². The number of hydrogen-bond acceptors (Lipinski definition) is 9. The van der Waals surface area contributed by atoms with E-state index in [1.807, 2.05) is 36.7 Å². The first-order chi connectivity index (χ1) is 14.5. The van der Waals surface area contributed by atoms with Crippen LogP contribution in [0.4, 0.5) is 5.13 Å². The number of thioether (sulfide) groups is 1. The monoisotopic (exact) mass is 506 g/mol. The number of rotatable bonds is 7. The van der Waals surface area contributed by atoms with E-state index in [-0.39, 0.29) is 5.97 Å². The van der Waals surface area contributed by atoms with Crippen molar-refractivity contribution in [1.29, 1.82) is 0 Å². The van der Waals surface area contributed by atoms with E-state index >= 15 is 0 Å². The van der Waals surface area contributed by atoms with E-state index in [0.29, 0.717) is 33.2 Å². The van der Waals surface area contributed by atoms with E-state index in [2.05, 4.69) is 36.4 Å². The maximum Gasteiger partial charge on any atom is 0.350 e. The summed E-state index contributed by atoms with van der Waals surface area (Å²) in [6.07, 6.45) is 0. The van der Waals surface area contributed by atoms with E-state index in [0.717, 1.165) is 33.1 Å². The molecule has 11 heteroatoms. The Morgan fingerprint density at radius 2 is 2.13 bits per heavy atom. The van der Waals surface area contributed by atoms with Gasteiger partial charge in [0.2, 0.25) is 5.16 Å². The molecule has 0 fully saturated rings. The molecule has 0 saturated heterocycles. The number of hydrogen-bond donors (Lipinski definition) is 1. The number of halogens is 1. The standard InChI is InChI=1S/C19H19BrN6O2S2/c1-4-21-18-22-12(15(30-18)17(27)28-5-2)9-29-19-23-16-14(24-25-19)11-8-10(20)6-7-13(11)26(16)3/h6-8H,4-5,9H2,1-3H3,(H,21,22). The van der Waals surface area contributed by atoms with Gasteiger partial charge in [-0.2, -0.15) is 0 Å². The highest BCUT2D eigenvalue weighted by molar-refractivity contribution is 9.10. The number of aromatic nitrogens is 5. The second-order valence-electron chi connectivity index (χ2n) is 6.32. The predicted molar refractivity (Wildman–Crippen MR) is 123 cm³/mol. The average Bonchev–Trinajstić information content (AvgIpc) is 3.26. The molecule has 0 unspecified atom stereocenters. The molecular weight excluding hydrogens is 488 g/mol. The van der Waals surface area contributed by atoms with Gasteiger partial charge in [0, 0.05) is 29.2 Å². The van der Waals surface area contributed by atoms with Crippen molar-refractivity contribution in [2.24, 2.45) is 7.05 Å². The molecule has 1 N–H and O–H groups in total. The normalized spacial score (nSPS) is 11.3. The molecule has 30 heavy (non-hydrogen) atoms. The highest BCUT2D eigenvalue weighted by Crippen LogP contribution is 2.31. The second-order valence-corrected chi connectivity index (χ2v) is 9.18. The van der Waals surface area contributed by atoms with Crippen LogP contribution in [0.15, 0.2) is 27.8 Å². The van der Waals surface area contributed by atoms with Crippen molar-refractivity contribution in [3.8, 4) is 0 Å². The number of anilines is 1. The van der Waals surface area contributed by atoms with Crippen LogP contribution in [0.2, 0.25) is 0 Å². The fraction of sp³-hybridized carbons (Fsp3) is 0.316. The second kappa shape index (κ2) is 8.86. The third kappa shape index (κ3) is 4.01. The Morgan fingerprint density at radius 3 is 2.90 bits per heavy atom. The lowest BCUT2D eigenvalue weighted by Crippen LogP contribution is -2.05. The third-order valence-corrected chi connectivity index (χ3v) is 6.74. The number of nitrogens with one attached hydrogen (secondary N) is 1. The Labute approximate surface area is 189 Å². The first kappa shape index (κ1) is 21.0. The van der Waals surface area contributed by atoms with E-state index in [9.17, 15) is 4.79 Å². The first-order valence-electron chi connectivity index (χ1n) is 9.33. The summed E-state index contributed by atoms with van der Waals surface area (Å²) in [6.45, 7) is 4.82. The van der Waals surface area contributed by atoms with Gasteiger partial charge in [-0.3, -0.25) is 0 Å². The Kier molecular flexibility index (Phi) is 6.21. The zero-order valence-electron chi connectivity index (χ0n) is 16.6. The molecule has 3 heterocycles. The summed E-state index contributed by atoms with van der Waals surface area (Å²) < 4.78 is 8.16. The molecule has 0 radical (unpaired) electrons. The van der Waals surface area contributed by atoms with E-state index in [1.165, 1.54) is 23.1 Å². The van der Waals surface area contributed by atoms with Crippen LogP contribution >= 0.6 is 39.0 Å². The summed E-state index contributed by atoms with van der Waals surface area (Å²) in [5.74, 6) is 0.0853. The van der Waals surface area contributed by atoms with Gasteiger partial charge in [0.1, 0.15) is 10.4 Å². The molecule has 0 saturated carbocycles. The van der Waals surface area contributed by atoms with E-state index in [1.54, 1.807) is 6.92 Å². The van der Waals surface area contributed by atoms with Gasteiger partial charge in [-0.05, 0) is 32.0 Å². The van der Waals surface area contributed by atoms with Crippen LogP contribution in [-0.2, 0) is 17.5 Å². The molecule has 156 valence electrons. The molecule has 0 atom stereocenters. The van der Waals surface area contributed by atoms with Crippen molar-refractivity contribution in [2.75, 3.05) is 18.5 Å². The molecule has 4 aromatic rings. The lowest BCUT2D eigenvalue weighted by Gasteiger charge is -2.02. The van der Waals surface area contributed by atoms with Gasteiger partial charge in [-0.15, -0.1) is 10.2 Å². The summed E-state index contributed by atoms with van der Waals surface area (Å²) >= 11 is 6.20. The number of thiazole rings is 1. The Balaban J connectivity index is 1.63. The highest BCUT2D eigenvalue weighted by Gasteiger charge is 2.20. The summed E-state index contributed by atoms with van der Waals surface area (Å²) in [7, 11) is 1.96.